The Balaban J connectivity index is 1.17. The maximum Gasteiger partial charge on any atom is 0.199 e. The monoisotopic (exact) mass is 534 g/mol. The lowest BCUT2D eigenvalue weighted by Crippen LogP contribution is -2.53. The van der Waals surface area contributed by atoms with Gasteiger partial charge in [0.1, 0.15) is 17.0 Å². The van der Waals surface area contributed by atoms with Crippen LogP contribution in [-0.2, 0) is 18.9 Å². The third kappa shape index (κ3) is 3.57. The molecule has 3 heterocycles. The number of benzene rings is 1. The van der Waals surface area contributed by atoms with E-state index in [1.54, 1.807) is 0 Å². The van der Waals surface area contributed by atoms with E-state index in [2.05, 4.69) is 37.8 Å². The van der Waals surface area contributed by atoms with E-state index in [0.717, 1.165) is 70.1 Å². The molecule has 1 N–H and O–H groups in total. The van der Waals surface area contributed by atoms with E-state index in [0.29, 0.717) is 31.5 Å². The van der Waals surface area contributed by atoms with Gasteiger partial charge in [0.25, 0.3) is 0 Å². The van der Waals surface area contributed by atoms with Crippen molar-refractivity contribution in [2.45, 2.75) is 112 Å². The van der Waals surface area contributed by atoms with Crippen molar-refractivity contribution in [3.8, 4) is 5.75 Å². The van der Waals surface area contributed by atoms with Gasteiger partial charge in [-0.3, -0.25) is 0 Å². The molecule has 8 rings (SSSR count). The molecular weight excluding hydrogens is 492 g/mol. The van der Waals surface area contributed by atoms with E-state index in [-0.39, 0.29) is 23.4 Å². The normalized spacial score (nSPS) is 43.8. The third-order valence-corrected chi connectivity index (χ3v) is 11.5. The van der Waals surface area contributed by atoms with Gasteiger partial charge < -0.3 is 28.8 Å². The van der Waals surface area contributed by atoms with Crippen molar-refractivity contribution in [1.29, 1.82) is 0 Å². The van der Waals surface area contributed by atoms with Crippen LogP contribution in [0.2, 0.25) is 0 Å². The van der Waals surface area contributed by atoms with Crippen molar-refractivity contribution in [2.24, 2.45) is 11.8 Å². The molecule has 6 nitrogen and oxygen atoms in total. The lowest BCUT2D eigenvalue weighted by Gasteiger charge is -2.53. The Bertz CT molecular complexity index is 1190. The second-order valence-corrected chi connectivity index (χ2v) is 13.4. The highest BCUT2D eigenvalue weighted by Crippen LogP contribution is 2.75. The summed E-state index contributed by atoms with van der Waals surface area (Å²) in [6, 6.07) is 8.70. The van der Waals surface area contributed by atoms with E-state index in [9.17, 15) is 5.11 Å². The van der Waals surface area contributed by atoms with Crippen molar-refractivity contribution in [3.63, 3.8) is 0 Å². The third-order valence-electron chi connectivity index (χ3n) is 11.5. The molecule has 7 atom stereocenters. The summed E-state index contributed by atoms with van der Waals surface area (Å²) in [5.74, 6) is 1.40. The minimum absolute atomic E-state index is 0.119. The lowest BCUT2D eigenvalue weighted by molar-refractivity contribution is -0.208. The summed E-state index contributed by atoms with van der Waals surface area (Å²) >= 11 is 0. The minimum atomic E-state index is -0.854. The molecule has 4 aliphatic carbocycles. The fourth-order valence-corrected chi connectivity index (χ4v) is 9.75. The van der Waals surface area contributed by atoms with Gasteiger partial charge in [-0.1, -0.05) is 24.3 Å². The fraction of sp³-hybridized carbons (Fsp3) is 0.697. The zero-order chi connectivity index (χ0) is 26.5. The van der Waals surface area contributed by atoms with Crippen LogP contribution < -0.4 is 4.74 Å². The molecule has 3 aliphatic heterocycles. The molecule has 210 valence electrons. The molecule has 2 spiro atoms. The van der Waals surface area contributed by atoms with Gasteiger partial charge in [0, 0.05) is 25.2 Å². The Hall–Kier alpha value is -1.70. The van der Waals surface area contributed by atoms with Crippen LogP contribution in [0.3, 0.4) is 0 Å². The number of ether oxygens (including phenoxy) is 5. The van der Waals surface area contributed by atoms with E-state index >= 15 is 0 Å². The summed E-state index contributed by atoms with van der Waals surface area (Å²) in [6.07, 6.45) is 10.3. The Kier molecular flexibility index (Phi) is 5.56. The van der Waals surface area contributed by atoms with Gasteiger partial charge in [-0.15, -0.1) is 0 Å². The van der Waals surface area contributed by atoms with Gasteiger partial charge in [0.2, 0.25) is 0 Å². The maximum atomic E-state index is 12.2. The summed E-state index contributed by atoms with van der Waals surface area (Å²) in [4.78, 5) is 0. The second-order valence-electron chi connectivity index (χ2n) is 13.4. The van der Waals surface area contributed by atoms with Crippen molar-refractivity contribution in [2.75, 3.05) is 19.8 Å². The zero-order valence-corrected chi connectivity index (χ0v) is 23.2. The molecule has 3 saturated carbocycles. The highest BCUT2D eigenvalue weighted by molar-refractivity contribution is 5.49. The topological polar surface area (TPSA) is 69.7 Å². The highest BCUT2D eigenvalue weighted by atomic mass is 16.7. The SMILES string of the molecule is C=C(C)[C@]12CC[C@H]3[C@@H]4CC[C@@]5(O)CC6(CCC5=C4[C@@H](c4ccc(OC5CCCCO5)cc4)C[C@@]31O2)OCCO6. The van der Waals surface area contributed by atoms with Crippen LogP contribution in [0, 0.1) is 11.8 Å². The predicted molar refractivity (Wildman–Crippen MR) is 145 cm³/mol. The van der Waals surface area contributed by atoms with Gasteiger partial charge in [-0.2, -0.15) is 0 Å². The van der Waals surface area contributed by atoms with Crippen molar-refractivity contribution in [1.82, 2.24) is 0 Å². The predicted octanol–water partition coefficient (Wildman–Crippen LogP) is 5.94. The Labute approximate surface area is 231 Å². The lowest BCUT2D eigenvalue weighted by atomic mass is 9.54. The highest BCUT2D eigenvalue weighted by Gasteiger charge is 2.80. The molecule has 0 amide bonds. The van der Waals surface area contributed by atoms with Crippen LogP contribution in [0.25, 0.3) is 0 Å². The fourth-order valence-electron chi connectivity index (χ4n) is 9.75. The number of rotatable bonds is 4. The number of hydrogen-bond acceptors (Lipinski definition) is 6. The average molecular weight is 535 g/mol. The van der Waals surface area contributed by atoms with Crippen LogP contribution in [0.4, 0.5) is 0 Å². The number of aliphatic hydroxyl groups is 1. The van der Waals surface area contributed by atoms with Gasteiger partial charge in [0.05, 0.1) is 25.4 Å². The standard InChI is InChI=1S/C33H42O6/c1-21(2)32-15-12-26-24-10-13-30(34)20-31(36-17-18-37-31)14-11-27(30)29(24)25(19-33(26,32)39-32)22-6-8-23(9-7-22)38-28-5-3-4-16-35-28/h6-9,24-26,28,34H,1,3-5,10-20H2,2H3/t24-,25+,26-,28?,30+,32+,33+/m0/s1. The quantitative estimate of drug-likeness (QED) is 0.381. The van der Waals surface area contributed by atoms with Gasteiger partial charge in [-0.25, -0.2) is 0 Å². The zero-order valence-electron chi connectivity index (χ0n) is 23.2. The van der Waals surface area contributed by atoms with E-state index in [1.165, 1.54) is 28.7 Å². The summed E-state index contributed by atoms with van der Waals surface area (Å²) in [5, 5.41) is 12.2. The van der Waals surface area contributed by atoms with Gasteiger partial charge >= 0.3 is 0 Å². The smallest absolute Gasteiger partial charge is 0.199 e. The second kappa shape index (κ2) is 8.65. The summed E-state index contributed by atoms with van der Waals surface area (Å²) < 4.78 is 30.9. The number of fused-ring (bicyclic) bond motifs is 3. The first-order valence-electron chi connectivity index (χ1n) is 15.4. The van der Waals surface area contributed by atoms with E-state index < -0.39 is 11.4 Å². The first-order chi connectivity index (χ1) is 18.9. The Morgan fingerprint density at radius 3 is 2.54 bits per heavy atom. The van der Waals surface area contributed by atoms with Crippen molar-refractivity contribution >= 4 is 0 Å². The molecule has 39 heavy (non-hydrogen) atoms. The molecule has 1 aromatic carbocycles. The molecule has 6 heteroatoms. The minimum Gasteiger partial charge on any atom is -0.465 e. The molecule has 0 aromatic heterocycles. The van der Waals surface area contributed by atoms with Gasteiger partial charge in [0.15, 0.2) is 12.1 Å². The average Bonchev–Trinajstić information content (AvgIpc) is 3.19. The van der Waals surface area contributed by atoms with Gasteiger partial charge in [-0.05, 0) is 99.0 Å². The van der Waals surface area contributed by atoms with Crippen molar-refractivity contribution in [3.05, 3.63) is 53.1 Å². The number of hydrogen-bond donors (Lipinski definition) is 1. The number of allylic oxidation sites excluding steroid dienone is 1. The first-order valence-corrected chi connectivity index (χ1v) is 15.4. The molecule has 0 bridgehead atoms. The van der Waals surface area contributed by atoms with E-state index in [1.807, 2.05) is 0 Å². The summed E-state index contributed by atoms with van der Waals surface area (Å²) in [6.45, 7) is 8.57. The molecule has 7 aliphatic rings. The van der Waals surface area contributed by atoms with Crippen LogP contribution in [0.15, 0.2) is 47.6 Å². The molecule has 1 aromatic rings. The number of epoxide rings is 1. The largest absolute Gasteiger partial charge is 0.465 e. The molecular formula is C33H42O6. The maximum absolute atomic E-state index is 12.2. The molecule has 0 radical (unpaired) electrons. The molecule has 6 fully saturated rings. The van der Waals surface area contributed by atoms with Crippen LogP contribution in [0.5, 0.6) is 5.75 Å². The molecule has 1 unspecified atom stereocenters. The Morgan fingerprint density at radius 1 is 1.00 bits per heavy atom. The summed E-state index contributed by atoms with van der Waals surface area (Å²) in [7, 11) is 0. The van der Waals surface area contributed by atoms with Crippen molar-refractivity contribution < 1.29 is 28.8 Å². The van der Waals surface area contributed by atoms with E-state index in [4.69, 9.17) is 23.7 Å². The van der Waals surface area contributed by atoms with Crippen LogP contribution >= 0.6 is 0 Å². The molecule has 3 saturated heterocycles. The van der Waals surface area contributed by atoms with Crippen LogP contribution in [-0.4, -0.2) is 53.8 Å². The van der Waals surface area contributed by atoms with Crippen LogP contribution in [0.1, 0.15) is 89.0 Å². The first kappa shape index (κ1) is 25.0. The summed E-state index contributed by atoms with van der Waals surface area (Å²) in [5.41, 5.74) is 4.10. The Morgan fingerprint density at radius 2 is 1.82 bits per heavy atom.